The number of aromatic nitrogens is 3. The molecule has 3 heterocycles. The van der Waals surface area contributed by atoms with E-state index in [1.54, 1.807) is 17.6 Å². The number of benzene rings is 1. The number of carboxylic acid groups (broad SMARTS) is 1. The van der Waals surface area contributed by atoms with Crippen LogP contribution in [0.3, 0.4) is 0 Å². The molecule has 4 aromatic rings. The van der Waals surface area contributed by atoms with Crippen LogP contribution in [-0.2, 0) is 12.7 Å². The Morgan fingerprint density at radius 2 is 1.76 bits per heavy atom. The van der Waals surface area contributed by atoms with Crippen LogP contribution >= 0.6 is 11.3 Å². The first-order valence-electron chi connectivity index (χ1n) is 14.3. The van der Waals surface area contributed by atoms with Gasteiger partial charge in [-0.05, 0) is 53.3 Å². The number of alkyl halides is 3. The molecule has 16 heteroatoms. The summed E-state index contributed by atoms with van der Waals surface area (Å²) in [6.07, 6.45) is -1.98. The molecule has 1 aromatic carbocycles. The molecule has 0 aliphatic rings. The Morgan fingerprint density at radius 1 is 1.04 bits per heavy atom. The zero-order chi connectivity index (χ0) is 33.8. The van der Waals surface area contributed by atoms with Crippen LogP contribution in [0.1, 0.15) is 23.0 Å². The van der Waals surface area contributed by atoms with E-state index in [-0.39, 0.29) is 21.8 Å². The van der Waals surface area contributed by atoms with Gasteiger partial charge in [-0.3, -0.25) is 10.1 Å². The number of anilines is 2. The second-order valence-corrected chi connectivity index (χ2v) is 11.8. The van der Waals surface area contributed by atoms with Crippen molar-refractivity contribution in [2.45, 2.75) is 19.6 Å². The Balaban J connectivity index is 2.02. The van der Waals surface area contributed by atoms with Crippen molar-refractivity contribution in [2.75, 3.05) is 65.0 Å². The number of pyridine rings is 2. The van der Waals surface area contributed by atoms with Crippen LogP contribution in [0.25, 0.3) is 32.6 Å². The number of nitrogens with zero attached hydrogens (tertiary/aromatic N) is 5. The van der Waals surface area contributed by atoms with E-state index in [1.807, 2.05) is 38.0 Å². The highest BCUT2D eigenvalue weighted by atomic mass is 32.1. The molecule has 0 aliphatic carbocycles. The van der Waals surface area contributed by atoms with Gasteiger partial charge in [0.25, 0.3) is 0 Å². The van der Waals surface area contributed by atoms with Crippen LogP contribution in [0.15, 0.2) is 40.8 Å². The van der Waals surface area contributed by atoms with Gasteiger partial charge in [-0.1, -0.05) is 0 Å². The fourth-order valence-corrected chi connectivity index (χ4v) is 5.49. The molecule has 0 atom stereocenters. The maximum atomic E-state index is 13.6. The number of amides is 2. The standard InChI is InChI=1S/C30H35F3N8O4S/c1-6-34-29(45)38-25-12-18(27-37-24(16-46-27)30(31,32)33)20(14-36-25)17-11-19-23(13-22(17)35-7-8-39(2)3)41(10-9-40(4)5)15-21(26(19)42)28(43)44/h11-16,35H,6-10H2,1-5H3,(H,43,44)(H2,34,36,38,45). The first-order valence-corrected chi connectivity index (χ1v) is 15.1. The number of carbonyl (C=O) groups excluding carboxylic acids is 1. The average molecular weight is 661 g/mol. The summed E-state index contributed by atoms with van der Waals surface area (Å²) in [5, 5.41) is 19.4. The molecule has 0 unspecified atom stereocenters. The number of aromatic carboxylic acids is 1. The van der Waals surface area contributed by atoms with Crippen molar-refractivity contribution in [3.63, 3.8) is 0 Å². The number of fused-ring (bicyclic) bond motifs is 1. The summed E-state index contributed by atoms with van der Waals surface area (Å²) in [5.41, 5.74) is -0.256. The Kier molecular flexibility index (Phi) is 10.6. The van der Waals surface area contributed by atoms with Crippen LogP contribution < -0.4 is 21.4 Å². The summed E-state index contributed by atoms with van der Waals surface area (Å²) < 4.78 is 42.5. The van der Waals surface area contributed by atoms with Crippen LogP contribution in [0.2, 0.25) is 0 Å². The van der Waals surface area contributed by atoms with E-state index in [4.69, 9.17) is 0 Å². The fraction of sp³-hybridized carbons (Fsp3) is 0.367. The van der Waals surface area contributed by atoms with Crippen molar-refractivity contribution in [2.24, 2.45) is 0 Å². The third kappa shape index (κ3) is 7.99. The van der Waals surface area contributed by atoms with Gasteiger partial charge < -0.3 is 30.1 Å². The van der Waals surface area contributed by atoms with Crippen molar-refractivity contribution in [1.82, 2.24) is 29.7 Å². The SMILES string of the molecule is CCNC(=O)Nc1cc(-c2nc(C(F)(F)F)cs2)c(-c2cc3c(=O)c(C(=O)O)cn(CCN(C)C)c3cc2NCCN(C)C)cn1. The minimum absolute atomic E-state index is 0.00527. The first-order chi connectivity index (χ1) is 21.7. The number of nitrogens with one attached hydrogen (secondary N) is 3. The van der Waals surface area contributed by atoms with Crippen molar-refractivity contribution in [1.29, 1.82) is 0 Å². The molecular weight excluding hydrogens is 625 g/mol. The molecule has 0 bridgehead atoms. The number of rotatable bonds is 12. The highest BCUT2D eigenvalue weighted by Gasteiger charge is 2.34. The van der Waals surface area contributed by atoms with E-state index in [2.05, 4.69) is 25.9 Å². The summed E-state index contributed by atoms with van der Waals surface area (Å²) in [4.78, 5) is 49.9. The second-order valence-electron chi connectivity index (χ2n) is 11.0. The lowest BCUT2D eigenvalue weighted by Gasteiger charge is -2.20. The van der Waals surface area contributed by atoms with Gasteiger partial charge in [0, 0.05) is 78.3 Å². The molecule has 2 amide bonds. The maximum absolute atomic E-state index is 13.6. The molecule has 3 aromatic heterocycles. The molecule has 12 nitrogen and oxygen atoms in total. The molecule has 0 saturated heterocycles. The van der Waals surface area contributed by atoms with Gasteiger partial charge in [0.15, 0.2) is 5.69 Å². The monoisotopic (exact) mass is 660 g/mol. The summed E-state index contributed by atoms with van der Waals surface area (Å²) in [6.45, 7) is 4.10. The lowest BCUT2D eigenvalue weighted by atomic mass is 9.97. The highest BCUT2D eigenvalue weighted by Crippen LogP contribution is 2.41. The number of carbonyl (C=O) groups is 2. The zero-order valence-electron chi connectivity index (χ0n) is 25.9. The largest absolute Gasteiger partial charge is 0.477 e. The molecular formula is C30H35F3N8O4S. The topological polar surface area (TPSA) is 145 Å². The number of urea groups is 1. The summed E-state index contributed by atoms with van der Waals surface area (Å²) in [6, 6.07) is 4.13. The van der Waals surface area contributed by atoms with Crippen molar-refractivity contribution in [3.05, 3.63) is 57.5 Å². The second kappa shape index (κ2) is 14.3. The summed E-state index contributed by atoms with van der Waals surface area (Å²) in [7, 11) is 7.55. The van der Waals surface area contributed by atoms with E-state index in [0.717, 1.165) is 16.7 Å². The van der Waals surface area contributed by atoms with E-state index in [0.29, 0.717) is 55.1 Å². The molecule has 0 saturated carbocycles. The van der Waals surface area contributed by atoms with Crippen molar-refractivity contribution in [3.8, 4) is 21.7 Å². The number of carboxylic acids is 1. The Bertz CT molecular complexity index is 1800. The molecule has 0 fully saturated rings. The smallest absolute Gasteiger partial charge is 0.434 e. The van der Waals surface area contributed by atoms with Crippen LogP contribution in [0, 0.1) is 0 Å². The third-order valence-electron chi connectivity index (χ3n) is 6.91. The molecule has 0 spiro atoms. The van der Waals surface area contributed by atoms with Gasteiger partial charge >= 0.3 is 18.2 Å². The molecule has 0 radical (unpaired) electrons. The number of halogens is 3. The van der Waals surface area contributed by atoms with Gasteiger partial charge in [0.05, 0.1) is 5.52 Å². The Labute approximate surface area is 266 Å². The third-order valence-corrected chi connectivity index (χ3v) is 7.79. The Hall–Kier alpha value is -4.54. The van der Waals surface area contributed by atoms with E-state index < -0.39 is 34.9 Å². The zero-order valence-corrected chi connectivity index (χ0v) is 26.8. The quantitative estimate of drug-likeness (QED) is 0.172. The lowest BCUT2D eigenvalue weighted by molar-refractivity contribution is -0.140. The number of hydrogen-bond donors (Lipinski definition) is 4. The molecule has 4 N–H and O–H groups in total. The number of likely N-dealkylation sites (N-methyl/N-ethyl adjacent to an activating group) is 2. The van der Waals surface area contributed by atoms with Crippen molar-refractivity contribution < 1.29 is 27.9 Å². The van der Waals surface area contributed by atoms with Crippen LogP contribution in [0.4, 0.5) is 29.5 Å². The number of hydrogen-bond acceptors (Lipinski definition) is 9. The van der Waals surface area contributed by atoms with Crippen LogP contribution in [-0.4, -0.2) is 95.8 Å². The van der Waals surface area contributed by atoms with Gasteiger partial charge in [0.1, 0.15) is 16.4 Å². The van der Waals surface area contributed by atoms with Gasteiger partial charge in [0.2, 0.25) is 5.43 Å². The summed E-state index contributed by atoms with van der Waals surface area (Å²) in [5.74, 6) is -1.32. The fourth-order valence-electron chi connectivity index (χ4n) is 4.63. The van der Waals surface area contributed by atoms with Gasteiger partial charge in [-0.15, -0.1) is 11.3 Å². The molecule has 0 aliphatic heterocycles. The molecule has 46 heavy (non-hydrogen) atoms. The summed E-state index contributed by atoms with van der Waals surface area (Å²) >= 11 is 0.766. The van der Waals surface area contributed by atoms with Gasteiger partial charge in [-0.25, -0.2) is 19.6 Å². The molecule has 4 rings (SSSR count). The van der Waals surface area contributed by atoms with E-state index >= 15 is 0 Å². The number of thiazole rings is 1. The maximum Gasteiger partial charge on any atom is 0.434 e. The van der Waals surface area contributed by atoms with E-state index in [9.17, 15) is 32.7 Å². The van der Waals surface area contributed by atoms with Gasteiger partial charge in [-0.2, -0.15) is 13.2 Å². The molecule has 246 valence electrons. The predicted octanol–water partition coefficient (Wildman–Crippen LogP) is 4.58. The lowest BCUT2D eigenvalue weighted by Crippen LogP contribution is -2.28. The minimum Gasteiger partial charge on any atom is -0.477 e. The highest BCUT2D eigenvalue weighted by molar-refractivity contribution is 7.13. The van der Waals surface area contributed by atoms with Crippen molar-refractivity contribution >= 4 is 45.7 Å². The Morgan fingerprint density at radius 3 is 2.37 bits per heavy atom. The van der Waals surface area contributed by atoms with E-state index in [1.165, 1.54) is 24.5 Å². The average Bonchev–Trinajstić information content (AvgIpc) is 3.48. The predicted molar refractivity (Wildman–Crippen MR) is 173 cm³/mol. The minimum atomic E-state index is -4.68. The normalized spacial score (nSPS) is 11.8. The van der Waals surface area contributed by atoms with Crippen LogP contribution in [0.5, 0.6) is 0 Å². The first kappa shape index (κ1) is 34.3.